The van der Waals surface area contributed by atoms with Crippen LogP contribution < -0.4 is 15.8 Å². The molecule has 7 nitrogen and oxygen atoms in total. The van der Waals surface area contributed by atoms with Crippen molar-refractivity contribution < 1.29 is 8.42 Å². The van der Waals surface area contributed by atoms with Gasteiger partial charge >= 0.3 is 0 Å². The largest absolute Gasteiger partial charge is 0.370 e. The van der Waals surface area contributed by atoms with E-state index in [2.05, 4.69) is 20.0 Å². The highest BCUT2D eigenvalue weighted by molar-refractivity contribution is 14.0. The van der Waals surface area contributed by atoms with Crippen LogP contribution in [0.2, 0.25) is 0 Å². The molecule has 0 atom stereocenters. The number of pyridine rings is 1. The molecule has 0 aliphatic carbocycles. The van der Waals surface area contributed by atoms with Crippen molar-refractivity contribution in [3.05, 3.63) is 24.5 Å². The van der Waals surface area contributed by atoms with Crippen LogP contribution >= 0.6 is 24.0 Å². The predicted octanol–water partition coefficient (Wildman–Crippen LogP) is 0.292. The minimum atomic E-state index is -3.51. The van der Waals surface area contributed by atoms with Crippen molar-refractivity contribution in [1.82, 2.24) is 15.0 Å². The van der Waals surface area contributed by atoms with Crippen LogP contribution in [0, 0.1) is 0 Å². The van der Waals surface area contributed by atoms with E-state index in [-0.39, 0.29) is 35.4 Å². The van der Waals surface area contributed by atoms with E-state index >= 15 is 0 Å². The fraction of sp³-hybridized carbons (Fsp3) is 0.455. The van der Waals surface area contributed by atoms with E-state index in [9.17, 15) is 8.42 Å². The molecule has 1 rings (SSSR count). The van der Waals surface area contributed by atoms with Gasteiger partial charge in [-0.05, 0) is 18.6 Å². The molecule has 0 spiro atoms. The van der Waals surface area contributed by atoms with Crippen molar-refractivity contribution in [3.8, 4) is 0 Å². The first-order valence-corrected chi connectivity index (χ1v) is 7.48. The van der Waals surface area contributed by atoms with Gasteiger partial charge in [-0.15, -0.1) is 24.0 Å². The summed E-state index contributed by atoms with van der Waals surface area (Å²) in [6.07, 6.45) is 3.73. The first-order valence-electron chi connectivity index (χ1n) is 5.99. The van der Waals surface area contributed by atoms with Gasteiger partial charge in [-0.25, -0.2) is 13.1 Å². The topological polar surface area (TPSA) is 109 Å². The number of aliphatic imine (C=N–C) groups is 1. The molecular formula is C11H20IN5O2S. The monoisotopic (exact) mass is 413 g/mol. The second kappa shape index (κ2) is 9.88. The second-order valence-corrected chi connectivity index (χ2v) is 5.55. The van der Waals surface area contributed by atoms with Crippen LogP contribution in [0.25, 0.3) is 0 Å². The number of rotatable bonds is 7. The van der Waals surface area contributed by atoms with Gasteiger partial charge in [-0.1, -0.05) is 6.92 Å². The Balaban J connectivity index is 0.00000361. The molecule has 4 N–H and O–H groups in total. The molecule has 1 aromatic rings. The van der Waals surface area contributed by atoms with Crippen LogP contribution in [-0.2, 0) is 10.0 Å². The Labute approximate surface area is 136 Å². The molecule has 114 valence electrons. The molecule has 0 unspecified atom stereocenters. The lowest BCUT2D eigenvalue weighted by Gasteiger charge is -2.08. The Morgan fingerprint density at radius 2 is 2.20 bits per heavy atom. The number of hydrogen-bond donors (Lipinski definition) is 3. The third-order valence-electron chi connectivity index (χ3n) is 2.17. The maximum Gasteiger partial charge on any atom is 0.242 e. The number of nitrogens with zero attached hydrogens (tertiary/aromatic N) is 2. The standard InChI is InChI=1S/C11H19N5O2S.HI/c1-2-5-14-11(12)15-7-8-16-19(17,18)10-4-3-6-13-9-10;/h3-4,6,9,16H,2,5,7-8H2,1H3,(H3,12,14,15);1H. The zero-order chi connectivity index (χ0) is 14.1. The highest BCUT2D eigenvalue weighted by Gasteiger charge is 2.12. The van der Waals surface area contributed by atoms with Gasteiger partial charge in [0.05, 0.1) is 0 Å². The molecule has 20 heavy (non-hydrogen) atoms. The Hall–Kier alpha value is -0.940. The summed E-state index contributed by atoms with van der Waals surface area (Å²) in [4.78, 5) is 7.94. The number of nitrogens with two attached hydrogens (primary N) is 1. The fourth-order valence-corrected chi connectivity index (χ4v) is 2.25. The van der Waals surface area contributed by atoms with E-state index in [1.54, 1.807) is 6.07 Å². The molecule has 1 aromatic heterocycles. The highest BCUT2D eigenvalue weighted by atomic mass is 127. The average Bonchev–Trinajstić information content (AvgIpc) is 2.42. The first-order chi connectivity index (χ1) is 9.06. The summed E-state index contributed by atoms with van der Waals surface area (Å²) in [5.41, 5.74) is 5.57. The third-order valence-corrected chi connectivity index (χ3v) is 3.62. The van der Waals surface area contributed by atoms with Crippen LogP contribution in [0.4, 0.5) is 0 Å². The molecule has 0 saturated heterocycles. The Morgan fingerprint density at radius 3 is 2.80 bits per heavy atom. The SMILES string of the molecule is CCCN=C(N)NCCNS(=O)(=O)c1cccnc1.I. The fourth-order valence-electron chi connectivity index (χ4n) is 1.25. The quantitative estimate of drug-likeness (QED) is 0.258. The highest BCUT2D eigenvalue weighted by Crippen LogP contribution is 2.04. The van der Waals surface area contributed by atoms with Crippen LogP contribution in [-0.4, -0.2) is 39.0 Å². The molecule has 9 heteroatoms. The lowest BCUT2D eigenvalue weighted by Crippen LogP contribution is -2.38. The summed E-state index contributed by atoms with van der Waals surface area (Å²) in [6.45, 7) is 3.25. The van der Waals surface area contributed by atoms with E-state index in [0.29, 0.717) is 19.0 Å². The van der Waals surface area contributed by atoms with Crippen LogP contribution in [0.3, 0.4) is 0 Å². The summed E-state index contributed by atoms with van der Waals surface area (Å²) in [5.74, 6) is 0.322. The van der Waals surface area contributed by atoms with E-state index in [4.69, 9.17) is 5.73 Å². The van der Waals surface area contributed by atoms with Gasteiger partial charge in [0.25, 0.3) is 0 Å². The van der Waals surface area contributed by atoms with Gasteiger partial charge in [0.2, 0.25) is 10.0 Å². The number of guanidine groups is 1. The molecule has 0 saturated carbocycles. The van der Waals surface area contributed by atoms with Crippen molar-refractivity contribution in [2.24, 2.45) is 10.7 Å². The van der Waals surface area contributed by atoms with E-state index in [0.717, 1.165) is 6.42 Å². The van der Waals surface area contributed by atoms with Crippen LogP contribution in [0.15, 0.2) is 34.4 Å². The summed E-state index contributed by atoms with van der Waals surface area (Å²) >= 11 is 0. The zero-order valence-corrected chi connectivity index (χ0v) is 14.4. The normalized spacial score (nSPS) is 11.8. The molecular weight excluding hydrogens is 393 g/mol. The molecule has 0 aliphatic heterocycles. The number of sulfonamides is 1. The van der Waals surface area contributed by atoms with Crippen molar-refractivity contribution in [3.63, 3.8) is 0 Å². The van der Waals surface area contributed by atoms with Gasteiger partial charge in [-0.2, -0.15) is 0 Å². The van der Waals surface area contributed by atoms with Crippen molar-refractivity contribution in [1.29, 1.82) is 0 Å². The minimum Gasteiger partial charge on any atom is -0.370 e. The lowest BCUT2D eigenvalue weighted by molar-refractivity contribution is 0.580. The van der Waals surface area contributed by atoms with Gasteiger partial charge in [0, 0.05) is 32.0 Å². The second-order valence-electron chi connectivity index (χ2n) is 3.78. The van der Waals surface area contributed by atoms with E-state index in [1.807, 2.05) is 6.92 Å². The minimum absolute atomic E-state index is 0. The van der Waals surface area contributed by atoms with Gasteiger partial charge in [-0.3, -0.25) is 9.98 Å². The average molecular weight is 413 g/mol. The predicted molar refractivity (Wildman–Crippen MR) is 89.6 cm³/mol. The molecule has 0 aliphatic rings. The van der Waals surface area contributed by atoms with Gasteiger partial charge in [0.15, 0.2) is 5.96 Å². The van der Waals surface area contributed by atoms with Gasteiger partial charge < -0.3 is 11.1 Å². The molecule has 0 fully saturated rings. The number of nitrogens with one attached hydrogen (secondary N) is 2. The summed E-state index contributed by atoms with van der Waals surface area (Å²) in [6, 6.07) is 3.06. The number of aromatic nitrogens is 1. The maximum atomic E-state index is 11.8. The molecule has 0 radical (unpaired) electrons. The van der Waals surface area contributed by atoms with Crippen molar-refractivity contribution >= 4 is 40.0 Å². The Bertz CT molecular complexity index is 507. The maximum absolute atomic E-state index is 11.8. The number of halogens is 1. The summed E-state index contributed by atoms with van der Waals surface area (Å²) < 4.78 is 26.1. The molecule has 0 bridgehead atoms. The van der Waals surface area contributed by atoms with Crippen LogP contribution in [0.1, 0.15) is 13.3 Å². The molecule has 0 aromatic carbocycles. The third kappa shape index (κ3) is 7.01. The Kier molecular flexibility index (Phi) is 9.42. The summed E-state index contributed by atoms with van der Waals surface area (Å²) in [5, 5.41) is 2.83. The first kappa shape index (κ1) is 19.1. The smallest absolute Gasteiger partial charge is 0.242 e. The lowest BCUT2D eigenvalue weighted by atomic mass is 10.5. The van der Waals surface area contributed by atoms with Crippen LogP contribution in [0.5, 0.6) is 0 Å². The number of hydrogen-bond acceptors (Lipinski definition) is 4. The summed E-state index contributed by atoms with van der Waals surface area (Å²) in [7, 11) is -3.51. The van der Waals surface area contributed by atoms with Crippen molar-refractivity contribution in [2.45, 2.75) is 18.2 Å². The van der Waals surface area contributed by atoms with Crippen molar-refractivity contribution in [2.75, 3.05) is 19.6 Å². The van der Waals surface area contributed by atoms with E-state index < -0.39 is 10.0 Å². The molecule has 1 heterocycles. The van der Waals surface area contributed by atoms with E-state index in [1.165, 1.54) is 18.5 Å². The Morgan fingerprint density at radius 1 is 1.45 bits per heavy atom. The van der Waals surface area contributed by atoms with Gasteiger partial charge in [0.1, 0.15) is 4.90 Å². The zero-order valence-electron chi connectivity index (χ0n) is 11.2. The molecule has 0 amide bonds.